The monoisotopic (exact) mass is 519 g/mol. The molecule has 1 aliphatic rings. The lowest BCUT2D eigenvalue weighted by Gasteiger charge is -2.15. The molecule has 0 aliphatic carbocycles. The molecule has 1 aromatic heterocycles. The Bertz CT molecular complexity index is 1430. The average molecular weight is 520 g/mol. The SMILES string of the molecule is CNc1ccc(C2=NN(c3c(F)cc(NC(=O)NS(=O)(=O)c4ccc(C)s4)cc3F)C(=O)C2)cc1. The number of anilines is 3. The number of urea groups is 1. The molecule has 0 saturated heterocycles. The van der Waals surface area contributed by atoms with Gasteiger partial charge in [-0.25, -0.2) is 26.7 Å². The number of thiophene rings is 1. The zero-order valence-electron chi connectivity index (χ0n) is 18.4. The first-order chi connectivity index (χ1) is 16.6. The third kappa shape index (κ3) is 5.15. The highest BCUT2D eigenvalue weighted by Crippen LogP contribution is 2.31. The smallest absolute Gasteiger partial charge is 0.333 e. The Morgan fingerprint density at radius 1 is 1.06 bits per heavy atom. The number of nitrogens with one attached hydrogen (secondary N) is 3. The molecular weight excluding hydrogens is 500 g/mol. The second-order valence-electron chi connectivity index (χ2n) is 7.47. The molecule has 0 saturated carbocycles. The molecule has 0 spiro atoms. The predicted octanol–water partition coefficient (Wildman–Crippen LogP) is 4.03. The van der Waals surface area contributed by atoms with Gasteiger partial charge in [0.15, 0.2) is 11.6 Å². The largest absolute Gasteiger partial charge is 0.388 e. The lowest BCUT2D eigenvalue weighted by Crippen LogP contribution is -2.34. The van der Waals surface area contributed by atoms with Gasteiger partial charge in [-0.05, 0) is 48.9 Å². The molecule has 3 N–H and O–H groups in total. The second-order valence-corrected chi connectivity index (χ2v) is 10.7. The highest BCUT2D eigenvalue weighted by molar-refractivity contribution is 7.92. The summed E-state index contributed by atoms with van der Waals surface area (Å²) >= 11 is 0.961. The molecular formula is C22H19F2N5O4S2. The van der Waals surface area contributed by atoms with Crippen molar-refractivity contribution in [1.82, 2.24) is 4.72 Å². The highest BCUT2D eigenvalue weighted by atomic mass is 32.2. The number of hydrazone groups is 1. The summed E-state index contributed by atoms with van der Waals surface area (Å²) in [5, 5.41) is 9.76. The second kappa shape index (κ2) is 9.43. The van der Waals surface area contributed by atoms with E-state index in [9.17, 15) is 26.8 Å². The summed E-state index contributed by atoms with van der Waals surface area (Å²) in [4.78, 5) is 25.3. The standard InChI is InChI=1S/C22H19F2N5O4S2/c1-12-3-8-20(34-12)35(32,33)28-22(31)26-15-9-16(23)21(17(24)10-15)29-19(30)11-18(27-29)13-4-6-14(25-2)7-5-13/h3-10,25H,11H2,1-2H3,(H2,26,28,31). The van der Waals surface area contributed by atoms with Crippen LogP contribution in [0.15, 0.2) is 57.8 Å². The summed E-state index contributed by atoms with van der Waals surface area (Å²) in [7, 11) is -2.40. The minimum atomic E-state index is -4.15. The summed E-state index contributed by atoms with van der Waals surface area (Å²) in [6.45, 7) is 1.70. The maximum absolute atomic E-state index is 14.8. The van der Waals surface area contributed by atoms with Gasteiger partial charge in [-0.2, -0.15) is 10.1 Å². The number of carbonyl (C=O) groups is 2. The Balaban J connectivity index is 1.53. The van der Waals surface area contributed by atoms with Gasteiger partial charge < -0.3 is 10.6 Å². The number of hydrogen-bond donors (Lipinski definition) is 3. The number of hydrogen-bond acceptors (Lipinski definition) is 7. The Morgan fingerprint density at radius 3 is 2.29 bits per heavy atom. The van der Waals surface area contributed by atoms with Crippen LogP contribution in [0, 0.1) is 18.6 Å². The minimum absolute atomic E-state index is 0.0836. The number of amides is 3. The van der Waals surface area contributed by atoms with Gasteiger partial charge in [0.2, 0.25) is 0 Å². The van der Waals surface area contributed by atoms with Crippen LogP contribution in [-0.2, 0) is 14.8 Å². The van der Waals surface area contributed by atoms with E-state index in [4.69, 9.17) is 0 Å². The number of benzene rings is 2. The molecule has 3 aromatic rings. The van der Waals surface area contributed by atoms with Gasteiger partial charge in [0.05, 0.1) is 12.1 Å². The van der Waals surface area contributed by atoms with Crippen LogP contribution in [0.2, 0.25) is 0 Å². The van der Waals surface area contributed by atoms with Crippen LogP contribution in [0.5, 0.6) is 0 Å². The van der Waals surface area contributed by atoms with Crippen LogP contribution in [0.4, 0.5) is 30.6 Å². The van der Waals surface area contributed by atoms with Crippen molar-refractivity contribution in [2.75, 3.05) is 22.7 Å². The van der Waals surface area contributed by atoms with Gasteiger partial charge in [-0.1, -0.05) is 12.1 Å². The number of carbonyl (C=O) groups excluding carboxylic acids is 2. The molecule has 9 nitrogen and oxygen atoms in total. The predicted molar refractivity (Wildman–Crippen MR) is 129 cm³/mol. The highest BCUT2D eigenvalue weighted by Gasteiger charge is 2.31. The summed E-state index contributed by atoms with van der Waals surface area (Å²) in [6, 6.07) is 10.2. The van der Waals surface area contributed by atoms with Crippen molar-refractivity contribution in [3.8, 4) is 0 Å². The van der Waals surface area contributed by atoms with E-state index in [1.807, 2.05) is 0 Å². The average Bonchev–Trinajstić information content (AvgIpc) is 3.39. The zero-order valence-corrected chi connectivity index (χ0v) is 20.1. The van der Waals surface area contributed by atoms with Gasteiger partial charge >= 0.3 is 6.03 Å². The molecule has 0 atom stereocenters. The van der Waals surface area contributed by atoms with Crippen LogP contribution in [0.3, 0.4) is 0 Å². The van der Waals surface area contributed by atoms with Crippen LogP contribution >= 0.6 is 11.3 Å². The first kappa shape index (κ1) is 24.3. The number of rotatable bonds is 6. The molecule has 0 radical (unpaired) electrons. The molecule has 0 unspecified atom stereocenters. The summed E-state index contributed by atoms with van der Waals surface area (Å²) in [5.41, 5.74) is 0.754. The fraction of sp³-hybridized carbons (Fsp3) is 0.136. The fourth-order valence-corrected chi connectivity index (χ4v) is 5.51. The Morgan fingerprint density at radius 2 is 1.71 bits per heavy atom. The molecule has 13 heteroatoms. The Kier molecular flexibility index (Phi) is 6.54. The maximum Gasteiger partial charge on any atom is 0.333 e. The number of aryl methyl sites for hydroxylation is 1. The third-order valence-corrected chi connectivity index (χ3v) is 7.80. The molecule has 1 aliphatic heterocycles. The van der Waals surface area contributed by atoms with Gasteiger partial charge in [-0.3, -0.25) is 4.79 Å². The van der Waals surface area contributed by atoms with Gasteiger partial charge in [-0.15, -0.1) is 11.3 Å². The van der Waals surface area contributed by atoms with E-state index in [1.165, 1.54) is 6.07 Å². The van der Waals surface area contributed by atoms with Crippen LogP contribution in [0.1, 0.15) is 16.9 Å². The minimum Gasteiger partial charge on any atom is -0.388 e. The lowest BCUT2D eigenvalue weighted by atomic mass is 10.1. The van der Waals surface area contributed by atoms with E-state index in [0.29, 0.717) is 16.3 Å². The Labute approximate surface area is 203 Å². The fourth-order valence-electron chi connectivity index (χ4n) is 3.32. The van der Waals surface area contributed by atoms with E-state index in [2.05, 4.69) is 15.7 Å². The van der Waals surface area contributed by atoms with Crippen molar-refractivity contribution in [3.63, 3.8) is 0 Å². The van der Waals surface area contributed by atoms with Crippen molar-refractivity contribution in [2.45, 2.75) is 17.6 Å². The van der Waals surface area contributed by atoms with Crippen molar-refractivity contribution in [1.29, 1.82) is 0 Å². The van der Waals surface area contributed by atoms with E-state index in [-0.39, 0.29) is 16.3 Å². The van der Waals surface area contributed by atoms with Crippen molar-refractivity contribution in [2.24, 2.45) is 5.10 Å². The van der Waals surface area contributed by atoms with Gasteiger partial charge in [0.1, 0.15) is 9.90 Å². The molecule has 2 aromatic carbocycles. The van der Waals surface area contributed by atoms with Crippen LogP contribution in [-0.4, -0.2) is 33.1 Å². The number of halogens is 2. The third-order valence-electron chi connectivity index (χ3n) is 4.98. The first-order valence-electron chi connectivity index (χ1n) is 10.2. The normalized spacial score (nSPS) is 13.5. The molecule has 0 bridgehead atoms. The van der Waals surface area contributed by atoms with Crippen molar-refractivity contribution < 1.29 is 26.8 Å². The molecule has 35 heavy (non-hydrogen) atoms. The molecule has 182 valence electrons. The summed E-state index contributed by atoms with van der Waals surface area (Å²) in [6.07, 6.45) is -0.153. The molecule has 2 heterocycles. The topological polar surface area (TPSA) is 120 Å². The van der Waals surface area contributed by atoms with Crippen molar-refractivity contribution >= 4 is 56.1 Å². The maximum atomic E-state index is 14.8. The number of sulfonamides is 1. The van der Waals surface area contributed by atoms with E-state index < -0.39 is 39.3 Å². The lowest BCUT2D eigenvalue weighted by molar-refractivity contribution is -0.117. The van der Waals surface area contributed by atoms with Crippen LogP contribution in [0.25, 0.3) is 0 Å². The first-order valence-corrected chi connectivity index (χ1v) is 12.5. The van der Waals surface area contributed by atoms with Crippen LogP contribution < -0.4 is 20.4 Å². The molecule has 4 rings (SSSR count). The van der Waals surface area contributed by atoms with E-state index in [0.717, 1.165) is 34.0 Å². The van der Waals surface area contributed by atoms with Gasteiger partial charge in [0.25, 0.3) is 15.9 Å². The Hall–Kier alpha value is -3.84. The van der Waals surface area contributed by atoms with Gasteiger partial charge in [0, 0.05) is 23.3 Å². The summed E-state index contributed by atoms with van der Waals surface area (Å²) in [5.74, 6) is -2.96. The van der Waals surface area contributed by atoms with Crippen molar-refractivity contribution in [3.05, 3.63) is 70.6 Å². The molecule has 3 amide bonds. The summed E-state index contributed by atoms with van der Waals surface area (Å²) < 4.78 is 55.8. The van der Waals surface area contributed by atoms with E-state index in [1.54, 1.807) is 49.0 Å². The quantitative estimate of drug-likeness (QED) is 0.454. The zero-order chi connectivity index (χ0) is 25.3. The van der Waals surface area contributed by atoms with E-state index >= 15 is 0 Å². The number of nitrogens with zero attached hydrogens (tertiary/aromatic N) is 2. The molecule has 0 fully saturated rings.